The summed E-state index contributed by atoms with van der Waals surface area (Å²) in [7, 11) is 3.53. The van der Waals surface area contributed by atoms with Crippen molar-refractivity contribution >= 4 is 11.6 Å². The fourth-order valence-corrected chi connectivity index (χ4v) is 2.27. The average Bonchev–Trinajstić information content (AvgIpc) is 2.44. The molecule has 2 aromatic rings. The molecule has 0 aliphatic heterocycles. The van der Waals surface area contributed by atoms with Gasteiger partial charge in [-0.25, -0.2) is 4.98 Å². The quantitative estimate of drug-likeness (QED) is 0.930. The number of halogens is 1. The summed E-state index contributed by atoms with van der Waals surface area (Å²) >= 11 is 6.20. The van der Waals surface area contributed by atoms with Crippen LogP contribution in [0.5, 0.6) is 5.88 Å². The third-order valence-corrected chi connectivity index (χ3v) is 3.53. The van der Waals surface area contributed by atoms with Crippen molar-refractivity contribution in [3.05, 3.63) is 58.2 Å². The second-order valence-corrected chi connectivity index (χ2v) is 4.74. The van der Waals surface area contributed by atoms with Crippen LogP contribution in [0.25, 0.3) is 0 Å². The number of aromatic nitrogens is 1. The molecule has 1 aromatic carbocycles. The molecular formula is C15H17ClN2O. The van der Waals surface area contributed by atoms with E-state index in [1.165, 1.54) is 0 Å². The zero-order valence-electron chi connectivity index (χ0n) is 11.3. The Hall–Kier alpha value is -1.58. The first-order chi connectivity index (χ1) is 9.17. The number of rotatable bonds is 4. The largest absolute Gasteiger partial charge is 0.481 e. The van der Waals surface area contributed by atoms with Crippen LogP contribution in [0.2, 0.25) is 5.02 Å². The number of benzene rings is 1. The summed E-state index contributed by atoms with van der Waals surface area (Å²) in [5, 5.41) is 4.04. The zero-order valence-corrected chi connectivity index (χ0v) is 12.0. The van der Waals surface area contributed by atoms with Gasteiger partial charge in [-0.15, -0.1) is 0 Å². The van der Waals surface area contributed by atoms with Crippen LogP contribution in [0, 0.1) is 6.92 Å². The van der Waals surface area contributed by atoms with E-state index < -0.39 is 0 Å². The molecular weight excluding hydrogens is 260 g/mol. The molecule has 0 amide bonds. The second kappa shape index (κ2) is 6.04. The van der Waals surface area contributed by atoms with Gasteiger partial charge >= 0.3 is 0 Å². The third kappa shape index (κ3) is 2.88. The highest BCUT2D eigenvalue weighted by molar-refractivity contribution is 6.31. The smallest absolute Gasteiger partial charge is 0.218 e. The number of aryl methyl sites for hydroxylation is 1. The van der Waals surface area contributed by atoms with E-state index in [1.807, 2.05) is 38.2 Å². The second-order valence-electron chi connectivity index (χ2n) is 4.33. The van der Waals surface area contributed by atoms with Gasteiger partial charge in [0, 0.05) is 16.8 Å². The van der Waals surface area contributed by atoms with Crippen molar-refractivity contribution in [3.63, 3.8) is 0 Å². The Labute approximate surface area is 118 Å². The molecule has 0 aliphatic carbocycles. The Bertz CT molecular complexity index is 572. The van der Waals surface area contributed by atoms with Crippen LogP contribution in [0.4, 0.5) is 0 Å². The van der Waals surface area contributed by atoms with E-state index in [2.05, 4.69) is 16.4 Å². The Morgan fingerprint density at radius 3 is 2.74 bits per heavy atom. The highest BCUT2D eigenvalue weighted by atomic mass is 35.5. The van der Waals surface area contributed by atoms with Crippen LogP contribution >= 0.6 is 11.6 Å². The molecule has 0 radical (unpaired) electrons. The van der Waals surface area contributed by atoms with E-state index in [9.17, 15) is 0 Å². The molecule has 0 spiro atoms. The van der Waals surface area contributed by atoms with E-state index in [-0.39, 0.29) is 6.04 Å². The Morgan fingerprint density at radius 1 is 1.32 bits per heavy atom. The summed E-state index contributed by atoms with van der Waals surface area (Å²) in [6, 6.07) is 9.96. The Balaban J connectivity index is 2.46. The molecule has 1 N–H and O–H groups in total. The fourth-order valence-electron chi connectivity index (χ4n) is 2.08. The normalized spacial score (nSPS) is 12.2. The third-order valence-electron chi connectivity index (χ3n) is 3.12. The number of nitrogens with one attached hydrogen (secondary N) is 1. The van der Waals surface area contributed by atoms with Crippen LogP contribution in [-0.2, 0) is 0 Å². The highest BCUT2D eigenvalue weighted by Crippen LogP contribution is 2.30. The van der Waals surface area contributed by atoms with Gasteiger partial charge in [0.15, 0.2) is 0 Å². The average molecular weight is 277 g/mol. The number of hydrogen-bond acceptors (Lipinski definition) is 3. The topological polar surface area (TPSA) is 34.2 Å². The molecule has 100 valence electrons. The summed E-state index contributed by atoms with van der Waals surface area (Å²) in [4.78, 5) is 4.24. The number of pyridine rings is 1. The molecule has 19 heavy (non-hydrogen) atoms. The molecule has 2 rings (SSSR count). The standard InChI is InChI=1S/C15H17ClN2O/c1-10-6-7-11(9-13(10)16)14(17-2)12-5-4-8-18-15(12)19-3/h4-9,14,17H,1-3H3. The first-order valence-electron chi connectivity index (χ1n) is 6.09. The van der Waals surface area contributed by atoms with E-state index in [0.29, 0.717) is 5.88 Å². The van der Waals surface area contributed by atoms with E-state index >= 15 is 0 Å². The van der Waals surface area contributed by atoms with E-state index in [0.717, 1.165) is 21.7 Å². The van der Waals surface area contributed by atoms with Gasteiger partial charge in [0.25, 0.3) is 0 Å². The molecule has 0 saturated carbocycles. The van der Waals surface area contributed by atoms with Crippen molar-refractivity contribution < 1.29 is 4.74 Å². The van der Waals surface area contributed by atoms with Crippen molar-refractivity contribution in [3.8, 4) is 5.88 Å². The Kier molecular flexibility index (Phi) is 4.40. The number of methoxy groups -OCH3 is 1. The lowest BCUT2D eigenvalue weighted by Gasteiger charge is -2.19. The predicted octanol–water partition coefficient (Wildman–Crippen LogP) is 3.36. The summed E-state index contributed by atoms with van der Waals surface area (Å²) < 4.78 is 5.32. The molecule has 1 unspecified atom stereocenters. The van der Waals surface area contributed by atoms with Crippen LogP contribution in [0.3, 0.4) is 0 Å². The monoisotopic (exact) mass is 276 g/mol. The van der Waals surface area contributed by atoms with Crippen molar-refractivity contribution in [2.75, 3.05) is 14.2 Å². The molecule has 3 nitrogen and oxygen atoms in total. The minimum atomic E-state index is 0.00162. The van der Waals surface area contributed by atoms with Gasteiger partial charge in [-0.2, -0.15) is 0 Å². The fraction of sp³-hybridized carbons (Fsp3) is 0.267. The lowest BCUT2D eigenvalue weighted by molar-refractivity contribution is 0.388. The van der Waals surface area contributed by atoms with E-state index in [1.54, 1.807) is 13.3 Å². The molecule has 0 bridgehead atoms. The highest BCUT2D eigenvalue weighted by Gasteiger charge is 2.17. The van der Waals surface area contributed by atoms with Gasteiger partial charge in [-0.3, -0.25) is 0 Å². The lowest BCUT2D eigenvalue weighted by Crippen LogP contribution is -2.18. The summed E-state index contributed by atoms with van der Waals surface area (Å²) in [5.41, 5.74) is 3.15. The maximum absolute atomic E-state index is 6.20. The van der Waals surface area contributed by atoms with E-state index in [4.69, 9.17) is 16.3 Å². The van der Waals surface area contributed by atoms with Gasteiger partial charge in [0.2, 0.25) is 5.88 Å². The van der Waals surface area contributed by atoms with Crippen molar-refractivity contribution in [1.82, 2.24) is 10.3 Å². The predicted molar refractivity (Wildman–Crippen MR) is 77.9 cm³/mol. The van der Waals surface area contributed by atoms with Crippen LogP contribution < -0.4 is 10.1 Å². The maximum Gasteiger partial charge on any atom is 0.218 e. The summed E-state index contributed by atoms with van der Waals surface area (Å²) in [5.74, 6) is 0.624. The summed E-state index contributed by atoms with van der Waals surface area (Å²) in [6.45, 7) is 1.99. The molecule has 0 saturated heterocycles. The lowest BCUT2D eigenvalue weighted by atomic mass is 9.99. The van der Waals surface area contributed by atoms with Gasteiger partial charge in [-0.05, 0) is 37.2 Å². The van der Waals surface area contributed by atoms with Gasteiger partial charge in [0.1, 0.15) is 0 Å². The van der Waals surface area contributed by atoms with Gasteiger partial charge in [-0.1, -0.05) is 29.8 Å². The van der Waals surface area contributed by atoms with Crippen molar-refractivity contribution in [2.24, 2.45) is 0 Å². The Morgan fingerprint density at radius 2 is 2.11 bits per heavy atom. The minimum Gasteiger partial charge on any atom is -0.481 e. The number of hydrogen-bond donors (Lipinski definition) is 1. The van der Waals surface area contributed by atoms with Crippen LogP contribution in [-0.4, -0.2) is 19.1 Å². The first kappa shape index (κ1) is 13.8. The maximum atomic E-state index is 6.20. The van der Waals surface area contributed by atoms with Crippen molar-refractivity contribution in [2.45, 2.75) is 13.0 Å². The molecule has 4 heteroatoms. The van der Waals surface area contributed by atoms with Crippen molar-refractivity contribution in [1.29, 1.82) is 0 Å². The first-order valence-corrected chi connectivity index (χ1v) is 6.47. The molecule has 1 heterocycles. The minimum absolute atomic E-state index is 0.00162. The SMILES string of the molecule is CNC(c1ccc(C)c(Cl)c1)c1cccnc1OC. The van der Waals surface area contributed by atoms with Crippen LogP contribution in [0.1, 0.15) is 22.7 Å². The number of nitrogens with zero attached hydrogens (tertiary/aromatic N) is 1. The molecule has 1 aromatic heterocycles. The summed E-state index contributed by atoms with van der Waals surface area (Å²) in [6.07, 6.45) is 1.72. The molecule has 0 aliphatic rings. The van der Waals surface area contributed by atoms with Crippen LogP contribution in [0.15, 0.2) is 36.5 Å². The molecule has 0 fully saturated rings. The number of ether oxygens (including phenoxy) is 1. The zero-order chi connectivity index (χ0) is 13.8. The van der Waals surface area contributed by atoms with Gasteiger partial charge < -0.3 is 10.1 Å². The van der Waals surface area contributed by atoms with Gasteiger partial charge in [0.05, 0.1) is 13.2 Å². The molecule has 1 atom stereocenters.